The summed E-state index contributed by atoms with van der Waals surface area (Å²) < 4.78 is 1.78. The first-order valence-corrected chi connectivity index (χ1v) is 8.22. The zero-order chi connectivity index (χ0) is 17.6. The van der Waals surface area contributed by atoms with Crippen LogP contribution in [-0.2, 0) is 18.4 Å². The van der Waals surface area contributed by atoms with Gasteiger partial charge in [-0.15, -0.1) is 24.0 Å². The molecular formula is C15H26Cl2IN5O. The van der Waals surface area contributed by atoms with Crippen molar-refractivity contribution in [3.63, 3.8) is 0 Å². The molecule has 6 nitrogen and oxygen atoms in total. The van der Waals surface area contributed by atoms with Gasteiger partial charge in [-0.05, 0) is 33.8 Å². The van der Waals surface area contributed by atoms with Gasteiger partial charge in [-0.2, -0.15) is 0 Å². The minimum absolute atomic E-state index is 0. The van der Waals surface area contributed by atoms with E-state index in [2.05, 4.69) is 20.9 Å². The molecule has 0 radical (unpaired) electrons. The number of carbonyl (C=O) groups excluding carboxylic acids is 1. The molecule has 1 heterocycles. The van der Waals surface area contributed by atoms with Crippen LogP contribution in [0.1, 0.15) is 33.4 Å². The Kier molecular flexibility index (Phi) is 10.1. The highest BCUT2D eigenvalue weighted by Gasteiger charge is 2.14. The molecule has 0 fully saturated rings. The zero-order valence-corrected chi connectivity index (χ0v) is 18.5. The van der Waals surface area contributed by atoms with E-state index in [9.17, 15) is 4.79 Å². The lowest BCUT2D eigenvalue weighted by Crippen LogP contribution is -2.48. The summed E-state index contributed by atoms with van der Waals surface area (Å²) in [6.45, 7) is 9.02. The molecule has 138 valence electrons. The largest absolute Gasteiger partial charge is 0.357 e. The van der Waals surface area contributed by atoms with Gasteiger partial charge in [-0.1, -0.05) is 23.2 Å². The van der Waals surface area contributed by atoms with Gasteiger partial charge in [0.05, 0.1) is 18.1 Å². The van der Waals surface area contributed by atoms with Gasteiger partial charge in [-0.3, -0.25) is 4.79 Å². The Morgan fingerprint density at radius 2 is 1.92 bits per heavy atom. The van der Waals surface area contributed by atoms with Crippen LogP contribution in [-0.4, -0.2) is 35.1 Å². The number of nitrogens with zero attached hydrogens (tertiary/aromatic N) is 2. The van der Waals surface area contributed by atoms with Gasteiger partial charge in [0.25, 0.3) is 0 Å². The van der Waals surface area contributed by atoms with Crippen molar-refractivity contribution in [1.29, 1.82) is 0 Å². The molecule has 1 aromatic heterocycles. The molecule has 0 saturated heterocycles. The smallest absolute Gasteiger partial charge is 0.239 e. The molecule has 1 aromatic rings. The van der Waals surface area contributed by atoms with E-state index in [4.69, 9.17) is 23.2 Å². The molecule has 0 aliphatic rings. The topological polar surface area (TPSA) is 70.5 Å². The molecule has 1 rings (SSSR count). The van der Waals surface area contributed by atoms with E-state index in [1.807, 2.05) is 34.7 Å². The van der Waals surface area contributed by atoms with Gasteiger partial charge in [0.1, 0.15) is 5.15 Å². The van der Waals surface area contributed by atoms with Crippen LogP contribution < -0.4 is 16.0 Å². The Hall–Kier alpha value is -0.670. The highest BCUT2D eigenvalue weighted by molar-refractivity contribution is 14.0. The van der Waals surface area contributed by atoms with E-state index in [1.165, 1.54) is 0 Å². The third-order valence-electron chi connectivity index (χ3n) is 2.89. The number of aliphatic imine (C=N–C) groups is 1. The Morgan fingerprint density at radius 1 is 1.29 bits per heavy atom. The zero-order valence-electron chi connectivity index (χ0n) is 14.7. The van der Waals surface area contributed by atoms with Crippen molar-refractivity contribution < 1.29 is 4.79 Å². The summed E-state index contributed by atoms with van der Waals surface area (Å²) >= 11 is 12.0. The molecule has 24 heavy (non-hydrogen) atoms. The lowest BCUT2D eigenvalue weighted by atomic mass is 10.1. The minimum atomic E-state index is -0.259. The number of rotatable bonds is 5. The summed E-state index contributed by atoms with van der Waals surface area (Å²) in [6.07, 6.45) is 0. The maximum atomic E-state index is 11.8. The number of carbonyl (C=O) groups is 1. The van der Waals surface area contributed by atoms with E-state index in [0.717, 1.165) is 5.69 Å². The van der Waals surface area contributed by atoms with Crippen LogP contribution >= 0.6 is 47.2 Å². The number of hydrogen-bond acceptors (Lipinski definition) is 2. The van der Waals surface area contributed by atoms with Gasteiger partial charge < -0.3 is 20.5 Å². The third-order valence-corrected chi connectivity index (χ3v) is 3.73. The second kappa shape index (κ2) is 10.4. The first-order valence-electron chi connectivity index (χ1n) is 7.47. The highest BCUT2D eigenvalue weighted by atomic mass is 127. The van der Waals surface area contributed by atoms with Crippen molar-refractivity contribution >= 4 is 59.0 Å². The maximum absolute atomic E-state index is 11.8. The Labute approximate surface area is 170 Å². The predicted molar refractivity (Wildman–Crippen MR) is 112 cm³/mol. The Bertz CT molecular complexity index is 581. The number of nitrogens with one attached hydrogen (secondary N) is 3. The van der Waals surface area contributed by atoms with E-state index < -0.39 is 0 Å². The van der Waals surface area contributed by atoms with Crippen LogP contribution in [0.15, 0.2) is 11.1 Å². The van der Waals surface area contributed by atoms with Crippen molar-refractivity contribution in [2.45, 2.75) is 39.8 Å². The third kappa shape index (κ3) is 7.94. The average Bonchev–Trinajstić information content (AvgIpc) is 2.67. The van der Waals surface area contributed by atoms with Crippen molar-refractivity contribution in [2.75, 3.05) is 13.1 Å². The molecule has 1 amide bonds. The molecule has 0 aliphatic heterocycles. The molecule has 9 heteroatoms. The van der Waals surface area contributed by atoms with Gasteiger partial charge in [0.15, 0.2) is 5.96 Å². The maximum Gasteiger partial charge on any atom is 0.239 e. The van der Waals surface area contributed by atoms with Crippen LogP contribution in [0, 0.1) is 0 Å². The number of halogens is 3. The average molecular weight is 490 g/mol. The SMILES string of the molecule is CCNC(=NCc1cc(Cl)c(Cl)n1C)NCC(=O)NC(C)(C)C.I. The second-order valence-electron chi connectivity index (χ2n) is 6.18. The normalized spacial score (nSPS) is 11.7. The summed E-state index contributed by atoms with van der Waals surface area (Å²) in [6, 6.07) is 1.78. The number of amides is 1. The fraction of sp³-hybridized carbons (Fsp3) is 0.600. The summed E-state index contributed by atoms with van der Waals surface area (Å²) in [4.78, 5) is 16.3. The standard InChI is InChI=1S/C15H25Cl2N5O.HI/c1-6-18-14(20-9-12(23)21-15(2,3)4)19-8-10-7-11(16)13(17)22(10)5;/h7H,6,8-9H2,1-5H3,(H,21,23)(H2,18,19,20);1H. The molecule has 0 spiro atoms. The van der Waals surface area contributed by atoms with Crippen molar-refractivity contribution in [2.24, 2.45) is 12.0 Å². The number of hydrogen-bond donors (Lipinski definition) is 3. The summed E-state index contributed by atoms with van der Waals surface area (Å²) in [5, 5.41) is 9.98. The van der Waals surface area contributed by atoms with Gasteiger partial charge in [-0.25, -0.2) is 4.99 Å². The molecule has 0 aromatic carbocycles. The first-order chi connectivity index (χ1) is 10.6. The minimum Gasteiger partial charge on any atom is -0.357 e. The van der Waals surface area contributed by atoms with E-state index in [1.54, 1.807) is 10.6 Å². The van der Waals surface area contributed by atoms with E-state index >= 15 is 0 Å². The molecule has 0 saturated carbocycles. The Balaban J connectivity index is 0.00000529. The molecule has 0 atom stereocenters. The molecule has 0 bridgehead atoms. The molecular weight excluding hydrogens is 464 g/mol. The van der Waals surface area contributed by atoms with Crippen molar-refractivity contribution in [3.8, 4) is 0 Å². The van der Waals surface area contributed by atoms with Gasteiger partial charge in [0, 0.05) is 24.8 Å². The van der Waals surface area contributed by atoms with Gasteiger partial charge in [0.2, 0.25) is 5.91 Å². The summed E-state index contributed by atoms with van der Waals surface area (Å²) in [5.74, 6) is 0.470. The van der Waals surface area contributed by atoms with E-state index in [-0.39, 0.29) is 42.0 Å². The fourth-order valence-corrected chi connectivity index (χ4v) is 2.28. The lowest BCUT2D eigenvalue weighted by molar-refractivity contribution is -0.121. The molecule has 0 aliphatic carbocycles. The van der Waals surface area contributed by atoms with Crippen LogP contribution in [0.25, 0.3) is 0 Å². The van der Waals surface area contributed by atoms with Crippen LogP contribution in [0.5, 0.6) is 0 Å². The molecule has 3 N–H and O–H groups in total. The second-order valence-corrected chi connectivity index (χ2v) is 6.95. The van der Waals surface area contributed by atoms with E-state index in [0.29, 0.717) is 29.2 Å². The lowest BCUT2D eigenvalue weighted by Gasteiger charge is -2.21. The van der Waals surface area contributed by atoms with Crippen LogP contribution in [0.2, 0.25) is 10.2 Å². The van der Waals surface area contributed by atoms with Crippen molar-refractivity contribution in [1.82, 2.24) is 20.5 Å². The molecule has 0 unspecified atom stereocenters. The van der Waals surface area contributed by atoms with Crippen LogP contribution in [0.3, 0.4) is 0 Å². The number of aromatic nitrogens is 1. The summed E-state index contributed by atoms with van der Waals surface area (Å²) in [5.41, 5.74) is 0.626. The predicted octanol–water partition coefficient (Wildman–Crippen LogP) is 2.92. The fourth-order valence-electron chi connectivity index (χ4n) is 1.87. The van der Waals surface area contributed by atoms with Gasteiger partial charge >= 0.3 is 0 Å². The van der Waals surface area contributed by atoms with Crippen molar-refractivity contribution in [3.05, 3.63) is 21.9 Å². The monoisotopic (exact) mass is 489 g/mol. The highest BCUT2D eigenvalue weighted by Crippen LogP contribution is 2.25. The first kappa shape index (κ1) is 23.3. The quantitative estimate of drug-likeness (QED) is 0.338. The number of guanidine groups is 1. The van der Waals surface area contributed by atoms with Crippen LogP contribution in [0.4, 0.5) is 0 Å². The Morgan fingerprint density at radius 3 is 2.38 bits per heavy atom. The summed E-state index contributed by atoms with van der Waals surface area (Å²) in [7, 11) is 1.83.